The second-order valence-corrected chi connectivity index (χ2v) is 11.4. The molecule has 7 rings (SSSR count). The Morgan fingerprint density at radius 3 is 2.73 bits per heavy atom. The van der Waals surface area contributed by atoms with Crippen molar-refractivity contribution in [2.75, 3.05) is 18.4 Å². The number of fused-ring (bicyclic) bond motifs is 5. The van der Waals surface area contributed by atoms with Crippen molar-refractivity contribution in [3.05, 3.63) is 75.4 Å². The zero-order valence-electron chi connectivity index (χ0n) is 21.8. The van der Waals surface area contributed by atoms with Crippen LogP contribution in [0.2, 0.25) is 0 Å². The predicted molar refractivity (Wildman–Crippen MR) is 146 cm³/mol. The maximum Gasteiger partial charge on any atom is 0.224 e. The Kier molecular flexibility index (Phi) is 5.73. The molecule has 9 nitrogen and oxygen atoms in total. The van der Waals surface area contributed by atoms with Crippen molar-refractivity contribution in [2.24, 2.45) is 10.4 Å². The summed E-state index contributed by atoms with van der Waals surface area (Å²) in [5.74, 6) is -3.05. The molecule has 2 unspecified atom stereocenters. The van der Waals surface area contributed by atoms with Gasteiger partial charge in [-0.15, -0.1) is 0 Å². The first-order valence-electron chi connectivity index (χ1n) is 13.2. The van der Waals surface area contributed by atoms with E-state index in [0.717, 1.165) is 24.0 Å². The van der Waals surface area contributed by atoms with Gasteiger partial charge in [0.1, 0.15) is 17.3 Å². The Hall–Kier alpha value is -4.25. The highest BCUT2D eigenvalue weighted by Gasteiger charge is 2.62. The van der Waals surface area contributed by atoms with Gasteiger partial charge < -0.3 is 15.2 Å². The van der Waals surface area contributed by atoms with Gasteiger partial charge in [0.05, 0.1) is 29.1 Å². The number of hydrogen-bond acceptors (Lipinski definition) is 6. The average molecular weight is 577 g/mol. The minimum absolute atomic E-state index is 0.00791. The second-order valence-electron chi connectivity index (χ2n) is 11.0. The van der Waals surface area contributed by atoms with Crippen LogP contribution in [-0.4, -0.2) is 62.8 Å². The van der Waals surface area contributed by atoms with E-state index >= 15 is 4.39 Å². The first-order valence-corrected chi connectivity index (χ1v) is 13.6. The summed E-state index contributed by atoms with van der Waals surface area (Å²) < 4.78 is 30.4. The molecule has 0 aromatic carbocycles. The van der Waals surface area contributed by atoms with E-state index in [9.17, 15) is 18.8 Å². The number of nitrogens with one attached hydrogen (secondary N) is 2. The van der Waals surface area contributed by atoms with E-state index in [2.05, 4.69) is 25.3 Å². The minimum atomic E-state index is -1.01. The molecular weight excluding hydrogens is 554 g/mol. The van der Waals surface area contributed by atoms with Crippen LogP contribution in [-0.2, 0) is 14.4 Å². The summed E-state index contributed by atoms with van der Waals surface area (Å²) in [6.07, 6.45) is 8.37. The topological polar surface area (TPSA) is 120 Å². The second kappa shape index (κ2) is 9.13. The Labute approximate surface area is 237 Å². The zero-order chi connectivity index (χ0) is 28.6. The number of pyridine rings is 1. The van der Waals surface area contributed by atoms with Crippen molar-refractivity contribution in [3.63, 3.8) is 0 Å². The van der Waals surface area contributed by atoms with Gasteiger partial charge in [-0.25, -0.2) is 9.97 Å². The maximum absolute atomic E-state index is 15.4. The van der Waals surface area contributed by atoms with Crippen molar-refractivity contribution < 1.29 is 23.2 Å². The molecule has 41 heavy (non-hydrogen) atoms. The molecular formula is C29H23ClF2N6O3. The molecule has 2 aliphatic carbocycles. The lowest BCUT2D eigenvalue weighted by Gasteiger charge is -2.42. The highest BCUT2D eigenvalue weighted by atomic mass is 35.5. The van der Waals surface area contributed by atoms with Gasteiger partial charge >= 0.3 is 0 Å². The van der Waals surface area contributed by atoms with Crippen LogP contribution < -0.4 is 5.32 Å². The van der Waals surface area contributed by atoms with E-state index in [-0.39, 0.29) is 59.1 Å². The van der Waals surface area contributed by atoms with Gasteiger partial charge in [0.25, 0.3) is 0 Å². The number of aromatic amines is 1. The fourth-order valence-electron chi connectivity index (χ4n) is 6.59. The van der Waals surface area contributed by atoms with Crippen LogP contribution in [0.4, 0.5) is 14.6 Å². The van der Waals surface area contributed by atoms with Gasteiger partial charge in [-0.05, 0) is 59.9 Å². The Bertz CT molecular complexity index is 1730. The lowest BCUT2D eigenvalue weighted by Crippen LogP contribution is -2.46. The number of hydrogen-bond donors (Lipinski definition) is 2. The van der Waals surface area contributed by atoms with E-state index in [4.69, 9.17) is 11.6 Å². The summed E-state index contributed by atoms with van der Waals surface area (Å²) in [7, 11) is 0. The number of amides is 2. The first-order chi connectivity index (χ1) is 19.6. The molecule has 1 saturated carbocycles. The molecule has 0 bridgehead atoms. The Morgan fingerprint density at radius 1 is 1.20 bits per heavy atom. The summed E-state index contributed by atoms with van der Waals surface area (Å²) >= 11 is 6.60. The number of carbonyl (C=O) groups is 3. The van der Waals surface area contributed by atoms with Gasteiger partial charge in [-0.2, -0.15) is 8.78 Å². The van der Waals surface area contributed by atoms with Crippen molar-refractivity contribution in [2.45, 2.75) is 38.1 Å². The fourth-order valence-corrected chi connectivity index (χ4v) is 6.82. The summed E-state index contributed by atoms with van der Waals surface area (Å²) in [6.45, 7) is 1.71. The van der Waals surface area contributed by atoms with E-state index in [1.165, 1.54) is 31.2 Å². The van der Waals surface area contributed by atoms with Crippen LogP contribution in [0.15, 0.2) is 62.7 Å². The van der Waals surface area contributed by atoms with Crippen LogP contribution in [0.3, 0.4) is 0 Å². The maximum atomic E-state index is 15.4. The number of halogens is 3. The lowest BCUT2D eigenvalue weighted by atomic mass is 9.74. The first kappa shape index (κ1) is 25.7. The normalized spacial score (nSPS) is 26.0. The molecule has 2 aromatic heterocycles. The highest BCUT2D eigenvalue weighted by Crippen LogP contribution is 2.62. The molecule has 1 spiro atoms. The van der Waals surface area contributed by atoms with E-state index in [0.29, 0.717) is 22.6 Å². The standard InChI is InChI=1S/C29H23ClF2N6O3/c1-13(39)34-21-5-4-16(26(31)35-21)24-27(32)37-28(36-24)19-12-38-22(41)9-29(6-7-29)25(38)18-10-33-11-20(30)15-3-2-14(40)8-17(15)23(18)19/h2-5,8,11,19,25H,6-7,9-10,12H2,1H3,(H,36,37)(H,34,35,39)/b20-15+,33-11?. The number of anilines is 1. The van der Waals surface area contributed by atoms with Crippen molar-refractivity contribution in [3.8, 4) is 11.3 Å². The van der Waals surface area contributed by atoms with Gasteiger partial charge in [-0.1, -0.05) is 11.6 Å². The molecule has 2 atom stereocenters. The summed E-state index contributed by atoms with van der Waals surface area (Å²) in [5.41, 5.74) is 2.14. The predicted octanol–water partition coefficient (Wildman–Crippen LogP) is 4.13. The molecule has 2 aromatic rings. The van der Waals surface area contributed by atoms with Gasteiger partial charge in [0, 0.05) is 37.1 Å². The molecule has 2 N–H and O–H groups in total. The van der Waals surface area contributed by atoms with Crippen LogP contribution in [0, 0.1) is 17.3 Å². The van der Waals surface area contributed by atoms with Gasteiger partial charge in [0.15, 0.2) is 5.78 Å². The molecule has 5 heterocycles. The van der Waals surface area contributed by atoms with E-state index < -0.39 is 23.7 Å². The smallest absolute Gasteiger partial charge is 0.224 e. The van der Waals surface area contributed by atoms with Gasteiger partial charge in [-0.3, -0.25) is 19.4 Å². The Balaban J connectivity index is 1.39. The van der Waals surface area contributed by atoms with Crippen molar-refractivity contribution >= 4 is 41.2 Å². The molecule has 0 radical (unpaired) electrons. The summed E-state index contributed by atoms with van der Waals surface area (Å²) in [6, 6.07) is 2.45. The van der Waals surface area contributed by atoms with Crippen LogP contribution in [0.5, 0.6) is 0 Å². The lowest BCUT2D eigenvalue weighted by molar-refractivity contribution is -0.129. The molecule has 2 amide bonds. The van der Waals surface area contributed by atoms with Gasteiger partial charge in [0.2, 0.25) is 23.7 Å². The average Bonchev–Trinajstić information content (AvgIpc) is 3.49. The monoisotopic (exact) mass is 576 g/mol. The number of nitrogens with zero attached hydrogens (tertiary/aromatic N) is 4. The van der Waals surface area contributed by atoms with Crippen LogP contribution in [0.1, 0.15) is 37.9 Å². The number of aliphatic imine (C=N–C) groups is 1. The minimum Gasteiger partial charge on any atom is -0.334 e. The zero-order valence-corrected chi connectivity index (χ0v) is 22.6. The molecule has 3 aliphatic heterocycles. The molecule has 2 fully saturated rings. The quantitative estimate of drug-likeness (QED) is 0.533. The van der Waals surface area contributed by atoms with Crippen LogP contribution >= 0.6 is 11.6 Å². The third-order valence-corrected chi connectivity index (χ3v) is 8.73. The SMILES string of the molecule is CC(=O)Nc1ccc(-c2nc(C3CN4C(=O)CC5(CC5)C4C4=C3C3=CC(=O)C=C/C3=C(\Cl)C=NC4)[nH]c2F)c(F)n1. The number of rotatable bonds is 3. The Morgan fingerprint density at radius 2 is 2.00 bits per heavy atom. The van der Waals surface area contributed by atoms with Crippen molar-refractivity contribution in [1.29, 1.82) is 0 Å². The molecule has 1 saturated heterocycles. The number of imidazole rings is 1. The molecule has 208 valence electrons. The summed E-state index contributed by atoms with van der Waals surface area (Å²) in [4.78, 5) is 54.5. The van der Waals surface area contributed by atoms with Crippen LogP contribution in [0.25, 0.3) is 11.3 Å². The number of carbonyl (C=O) groups excluding carboxylic acids is 3. The number of aromatic nitrogens is 3. The van der Waals surface area contributed by atoms with E-state index in [1.54, 1.807) is 12.3 Å². The fraction of sp³-hybridized carbons (Fsp3) is 0.310. The van der Waals surface area contributed by atoms with Crippen molar-refractivity contribution in [1.82, 2.24) is 19.9 Å². The number of ketones is 1. The molecule has 12 heteroatoms. The van der Waals surface area contributed by atoms with E-state index in [1.807, 2.05) is 4.90 Å². The largest absolute Gasteiger partial charge is 0.334 e. The molecule has 5 aliphatic rings. The number of allylic oxidation sites excluding steroid dienone is 6. The highest BCUT2D eigenvalue weighted by molar-refractivity contribution is 6.40. The summed E-state index contributed by atoms with van der Waals surface area (Å²) in [5, 5.41) is 2.74. The number of H-pyrrole nitrogens is 1. The third-order valence-electron chi connectivity index (χ3n) is 8.43. The third kappa shape index (κ3) is 4.09.